The molecule has 102 valence electrons. The summed E-state index contributed by atoms with van der Waals surface area (Å²) < 4.78 is 2.22. The van der Waals surface area contributed by atoms with Crippen LogP contribution in [0.5, 0.6) is 0 Å². The van der Waals surface area contributed by atoms with Crippen LogP contribution in [0.1, 0.15) is 30.6 Å². The van der Waals surface area contributed by atoms with E-state index in [2.05, 4.69) is 51.6 Å². The first kappa shape index (κ1) is 12.6. The average molecular weight is 277 g/mol. The van der Waals surface area contributed by atoms with Crippen molar-refractivity contribution in [2.24, 2.45) is 5.92 Å². The van der Waals surface area contributed by atoms with Gasteiger partial charge in [-0.15, -0.1) is 10.2 Å². The Kier molecular flexibility index (Phi) is 3.26. The van der Waals surface area contributed by atoms with Crippen molar-refractivity contribution in [3.63, 3.8) is 0 Å². The van der Waals surface area contributed by atoms with E-state index in [0.29, 0.717) is 11.8 Å². The lowest BCUT2D eigenvalue weighted by molar-refractivity contribution is 0.354. The second kappa shape index (κ2) is 4.92. The third kappa shape index (κ3) is 2.49. The molecule has 1 fully saturated rings. The average Bonchev–Trinajstić information content (AvgIpc) is 2.92. The van der Waals surface area contributed by atoms with Crippen LogP contribution in [0.4, 0.5) is 5.13 Å². The van der Waals surface area contributed by atoms with Gasteiger partial charge in [0.2, 0.25) is 5.13 Å². The van der Waals surface area contributed by atoms with E-state index in [1.165, 1.54) is 0 Å². The number of rotatable bonds is 4. The van der Waals surface area contributed by atoms with Gasteiger partial charge in [-0.05, 0) is 6.92 Å². The SMILES string of the molecule is Cc1nccn1CC1CN(c2nnc(C(C)C)s2)C1. The molecule has 1 aliphatic rings. The van der Waals surface area contributed by atoms with E-state index in [1.54, 1.807) is 11.3 Å². The maximum atomic E-state index is 4.28. The van der Waals surface area contributed by atoms with Gasteiger partial charge >= 0.3 is 0 Å². The molecule has 6 heteroatoms. The minimum Gasteiger partial charge on any atom is -0.346 e. The molecule has 5 nitrogen and oxygen atoms in total. The molecule has 2 aromatic heterocycles. The van der Waals surface area contributed by atoms with E-state index >= 15 is 0 Å². The van der Waals surface area contributed by atoms with Crippen LogP contribution in [0.2, 0.25) is 0 Å². The first-order valence-corrected chi connectivity index (χ1v) is 7.51. The highest BCUT2D eigenvalue weighted by molar-refractivity contribution is 7.15. The van der Waals surface area contributed by atoms with Gasteiger partial charge in [0.15, 0.2) is 0 Å². The number of anilines is 1. The zero-order valence-corrected chi connectivity index (χ0v) is 12.4. The Morgan fingerprint density at radius 3 is 2.74 bits per heavy atom. The molecule has 19 heavy (non-hydrogen) atoms. The number of nitrogens with zero attached hydrogens (tertiary/aromatic N) is 5. The summed E-state index contributed by atoms with van der Waals surface area (Å²) >= 11 is 1.72. The van der Waals surface area contributed by atoms with Gasteiger partial charge in [-0.2, -0.15) is 0 Å². The molecular formula is C13H19N5S. The van der Waals surface area contributed by atoms with Crippen molar-refractivity contribution in [2.75, 3.05) is 18.0 Å². The number of imidazole rings is 1. The molecule has 0 amide bonds. The van der Waals surface area contributed by atoms with Crippen molar-refractivity contribution < 1.29 is 0 Å². The molecule has 0 bridgehead atoms. The summed E-state index contributed by atoms with van der Waals surface area (Å²) in [5.74, 6) is 2.26. The second-order valence-corrected chi connectivity index (χ2v) is 6.46. The first-order valence-electron chi connectivity index (χ1n) is 6.69. The van der Waals surface area contributed by atoms with Crippen molar-refractivity contribution in [3.8, 4) is 0 Å². The number of aromatic nitrogens is 4. The highest BCUT2D eigenvalue weighted by Gasteiger charge is 2.29. The van der Waals surface area contributed by atoms with Gasteiger partial charge in [-0.1, -0.05) is 25.2 Å². The lowest BCUT2D eigenvalue weighted by Crippen LogP contribution is -2.48. The Balaban J connectivity index is 1.56. The Labute approximate surface area is 117 Å². The van der Waals surface area contributed by atoms with Crippen molar-refractivity contribution in [3.05, 3.63) is 23.2 Å². The summed E-state index contributed by atoms with van der Waals surface area (Å²) in [5, 5.41) is 10.7. The van der Waals surface area contributed by atoms with Crippen LogP contribution in [-0.2, 0) is 6.54 Å². The van der Waals surface area contributed by atoms with Crippen LogP contribution in [0.3, 0.4) is 0 Å². The first-order chi connectivity index (χ1) is 9.13. The van der Waals surface area contributed by atoms with Gasteiger partial charge in [0.05, 0.1) is 0 Å². The van der Waals surface area contributed by atoms with Crippen LogP contribution < -0.4 is 4.90 Å². The molecule has 2 aromatic rings. The molecule has 3 heterocycles. The Morgan fingerprint density at radius 2 is 2.16 bits per heavy atom. The minimum absolute atomic E-state index is 0.469. The smallest absolute Gasteiger partial charge is 0.208 e. The predicted molar refractivity (Wildman–Crippen MR) is 76.7 cm³/mol. The van der Waals surface area contributed by atoms with Gasteiger partial charge in [-0.3, -0.25) is 0 Å². The highest BCUT2D eigenvalue weighted by atomic mass is 32.1. The van der Waals surface area contributed by atoms with Crippen molar-refractivity contribution >= 4 is 16.5 Å². The second-order valence-electron chi connectivity index (χ2n) is 5.48. The van der Waals surface area contributed by atoms with Gasteiger partial charge in [0.1, 0.15) is 10.8 Å². The van der Waals surface area contributed by atoms with Crippen molar-refractivity contribution in [2.45, 2.75) is 33.2 Å². The molecular weight excluding hydrogens is 258 g/mol. The predicted octanol–water partition coefficient (Wildman–Crippen LogP) is 2.30. The molecule has 0 aliphatic carbocycles. The largest absolute Gasteiger partial charge is 0.346 e. The highest BCUT2D eigenvalue weighted by Crippen LogP contribution is 2.30. The molecule has 0 saturated carbocycles. The zero-order chi connectivity index (χ0) is 13.4. The minimum atomic E-state index is 0.469. The summed E-state index contributed by atoms with van der Waals surface area (Å²) in [7, 11) is 0. The van der Waals surface area contributed by atoms with Crippen LogP contribution in [0, 0.1) is 12.8 Å². The van der Waals surface area contributed by atoms with Crippen molar-refractivity contribution in [1.29, 1.82) is 0 Å². The quantitative estimate of drug-likeness (QED) is 0.860. The monoisotopic (exact) mass is 277 g/mol. The Hall–Kier alpha value is -1.43. The van der Waals surface area contributed by atoms with E-state index in [-0.39, 0.29) is 0 Å². The van der Waals surface area contributed by atoms with Gasteiger partial charge < -0.3 is 9.47 Å². The number of hydrogen-bond acceptors (Lipinski definition) is 5. The molecule has 0 atom stereocenters. The van der Waals surface area contributed by atoms with E-state index in [1.807, 2.05) is 6.20 Å². The molecule has 0 aromatic carbocycles. The van der Waals surface area contributed by atoms with E-state index in [4.69, 9.17) is 0 Å². The molecule has 0 unspecified atom stereocenters. The van der Waals surface area contributed by atoms with E-state index in [0.717, 1.165) is 35.6 Å². The normalized spacial score (nSPS) is 16.1. The molecule has 1 aliphatic heterocycles. The number of hydrogen-bond donors (Lipinski definition) is 0. The Morgan fingerprint density at radius 1 is 1.37 bits per heavy atom. The topological polar surface area (TPSA) is 46.8 Å². The summed E-state index contributed by atoms with van der Waals surface area (Å²) in [6, 6.07) is 0. The van der Waals surface area contributed by atoms with Crippen LogP contribution in [0.25, 0.3) is 0 Å². The third-order valence-corrected chi connectivity index (χ3v) is 4.81. The Bertz CT molecular complexity index is 553. The lowest BCUT2D eigenvalue weighted by Gasteiger charge is -2.39. The molecule has 3 rings (SSSR count). The summed E-state index contributed by atoms with van der Waals surface area (Å²) in [6.45, 7) is 9.57. The number of aryl methyl sites for hydroxylation is 1. The standard InChI is InChI=1S/C13H19N5S/c1-9(2)12-15-16-13(19-12)18-7-11(8-18)6-17-5-4-14-10(17)3/h4-5,9,11H,6-8H2,1-3H3. The van der Waals surface area contributed by atoms with Gasteiger partial charge in [0, 0.05) is 43.9 Å². The van der Waals surface area contributed by atoms with E-state index in [9.17, 15) is 0 Å². The van der Waals surface area contributed by atoms with Gasteiger partial charge in [-0.25, -0.2) is 4.98 Å². The molecule has 0 spiro atoms. The van der Waals surface area contributed by atoms with Crippen LogP contribution in [-0.4, -0.2) is 32.8 Å². The zero-order valence-electron chi connectivity index (χ0n) is 11.6. The molecule has 0 radical (unpaired) electrons. The fraction of sp³-hybridized carbons (Fsp3) is 0.615. The fourth-order valence-electron chi connectivity index (χ4n) is 2.30. The van der Waals surface area contributed by atoms with Crippen molar-refractivity contribution in [1.82, 2.24) is 19.7 Å². The van der Waals surface area contributed by atoms with E-state index < -0.39 is 0 Å². The third-order valence-electron chi connectivity index (χ3n) is 3.53. The maximum Gasteiger partial charge on any atom is 0.208 e. The van der Waals surface area contributed by atoms with Crippen LogP contribution in [0.15, 0.2) is 12.4 Å². The van der Waals surface area contributed by atoms with Crippen LogP contribution >= 0.6 is 11.3 Å². The molecule has 0 N–H and O–H groups in total. The molecule has 1 saturated heterocycles. The van der Waals surface area contributed by atoms with Gasteiger partial charge in [0.25, 0.3) is 0 Å². The summed E-state index contributed by atoms with van der Waals surface area (Å²) in [6.07, 6.45) is 3.92. The fourth-order valence-corrected chi connectivity index (χ4v) is 3.17. The maximum absolute atomic E-state index is 4.28. The summed E-state index contributed by atoms with van der Waals surface area (Å²) in [4.78, 5) is 6.58. The summed E-state index contributed by atoms with van der Waals surface area (Å²) in [5.41, 5.74) is 0. The lowest BCUT2D eigenvalue weighted by atomic mass is 10.0.